The molecule has 0 fully saturated rings. The van der Waals surface area contributed by atoms with Crippen LogP contribution in [-0.2, 0) is 23.9 Å². The number of methoxy groups -OCH3 is 1. The lowest BCUT2D eigenvalue weighted by Gasteiger charge is -2.12. The van der Waals surface area contributed by atoms with Crippen molar-refractivity contribution in [1.29, 1.82) is 0 Å². The van der Waals surface area contributed by atoms with E-state index in [9.17, 15) is 27.6 Å². The Hall–Kier alpha value is -2.37. The molecule has 2 amide bonds. The summed E-state index contributed by atoms with van der Waals surface area (Å²) in [5.74, 6) is -4.22. The SMILES string of the molecule is COC(=O)CNC(=O)[C@H](C)NC(=O)CN.O=C(O)C(F)(F)F. The quantitative estimate of drug-likeness (QED) is 0.442. The van der Waals surface area contributed by atoms with E-state index in [0.717, 1.165) is 0 Å². The molecule has 0 aromatic rings. The van der Waals surface area contributed by atoms with Gasteiger partial charge in [0.05, 0.1) is 13.7 Å². The lowest BCUT2D eigenvalue weighted by atomic mass is 10.3. The van der Waals surface area contributed by atoms with Crippen molar-refractivity contribution in [2.75, 3.05) is 20.2 Å². The highest BCUT2D eigenvalue weighted by Gasteiger charge is 2.38. The molecule has 0 saturated carbocycles. The van der Waals surface area contributed by atoms with Crippen molar-refractivity contribution in [1.82, 2.24) is 10.6 Å². The summed E-state index contributed by atoms with van der Waals surface area (Å²) in [4.78, 5) is 41.6. The third-order valence-electron chi connectivity index (χ3n) is 1.83. The number of carboxylic acids is 1. The highest BCUT2D eigenvalue weighted by Crippen LogP contribution is 2.13. The molecular weight excluding hydrogens is 315 g/mol. The van der Waals surface area contributed by atoms with Crippen molar-refractivity contribution in [3.63, 3.8) is 0 Å². The minimum atomic E-state index is -5.08. The Morgan fingerprint density at radius 3 is 2.05 bits per heavy atom. The molecule has 0 rings (SSSR count). The first-order valence-electron chi connectivity index (χ1n) is 5.59. The van der Waals surface area contributed by atoms with Gasteiger partial charge in [0, 0.05) is 0 Å². The Morgan fingerprint density at radius 1 is 1.27 bits per heavy atom. The van der Waals surface area contributed by atoms with Gasteiger partial charge >= 0.3 is 18.1 Å². The summed E-state index contributed by atoms with van der Waals surface area (Å²) >= 11 is 0. The van der Waals surface area contributed by atoms with Gasteiger partial charge in [-0.3, -0.25) is 14.4 Å². The van der Waals surface area contributed by atoms with Gasteiger partial charge in [0.2, 0.25) is 11.8 Å². The number of hydrogen-bond donors (Lipinski definition) is 4. The van der Waals surface area contributed by atoms with E-state index in [1.165, 1.54) is 14.0 Å². The molecule has 5 N–H and O–H groups in total. The van der Waals surface area contributed by atoms with E-state index in [2.05, 4.69) is 15.4 Å². The van der Waals surface area contributed by atoms with Crippen molar-refractivity contribution in [3.8, 4) is 0 Å². The smallest absolute Gasteiger partial charge is 0.475 e. The van der Waals surface area contributed by atoms with Crippen LogP contribution in [0.2, 0.25) is 0 Å². The monoisotopic (exact) mass is 331 g/mol. The van der Waals surface area contributed by atoms with Crippen LogP contribution in [0.3, 0.4) is 0 Å². The minimum Gasteiger partial charge on any atom is -0.475 e. The number of carboxylic acid groups (broad SMARTS) is 1. The Labute approximate surface area is 123 Å². The molecule has 0 aliphatic rings. The Balaban J connectivity index is 0. The standard InChI is InChI=1S/C8H15N3O4.C2HF3O2/c1-5(11-6(12)3-9)8(14)10-4-7(13)15-2;3-2(4,5)1(6)7/h5H,3-4,9H2,1-2H3,(H,10,14)(H,11,12);(H,6,7)/t5-;/m0./s1. The number of esters is 1. The Bertz CT molecular complexity index is 413. The molecule has 1 atom stereocenters. The summed E-state index contributed by atoms with van der Waals surface area (Å²) in [6.45, 7) is 1.08. The number of alkyl halides is 3. The molecule has 0 saturated heterocycles. The summed E-state index contributed by atoms with van der Waals surface area (Å²) in [7, 11) is 1.22. The van der Waals surface area contributed by atoms with Crippen LogP contribution >= 0.6 is 0 Å². The van der Waals surface area contributed by atoms with E-state index in [0.29, 0.717) is 0 Å². The second-order valence-corrected chi connectivity index (χ2v) is 3.59. The van der Waals surface area contributed by atoms with E-state index >= 15 is 0 Å². The highest BCUT2D eigenvalue weighted by atomic mass is 19.4. The number of nitrogens with two attached hydrogens (primary N) is 1. The van der Waals surface area contributed by atoms with Crippen LogP contribution in [0.25, 0.3) is 0 Å². The molecule has 0 bridgehead atoms. The zero-order valence-corrected chi connectivity index (χ0v) is 11.7. The van der Waals surface area contributed by atoms with Crippen LogP contribution in [0.1, 0.15) is 6.92 Å². The summed E-state index contributed by atoms with van der Waals surface area (Å²) < 4.78 is 36.1. The highest BCUT2D eigenvalue weighted by molar-refractivity contribution is 5.89. The average Bonchev–Trinajstić information content (AvgIpc) is 2.43. The molecule has 0 aromatic heterocycles. The molecule has 0 aromatic carbocycles. The lowest BCUT2D eigenvalue weighted by molar-refractivity contribution is -0.192. The van der Waals surface area contributed by atoms with Crippen molar-refractivity contribution in [3.05, 3.63) is 0 Å². The van der Waals surface area contributed by atoms with Crippen LogP contribution < -0.4 is 16.4 Å². The number of hydrogen-bond acceptors (Lipinski definition) is 6. The van der Waals surface area contributed by atoms with Crippen LogP contribution in [-0.4, -0.2) is 61.3 Å². The first-order chi connectivity index (χ1) is 9.95. The molecule has 0 radical (unpaired) electrons. The van der Waals surface area contributed by atoms with Crippen LogP contribution in [0, 0.1) is 0 Å². The van der Waals surface area contributed by atoms with E-state index < -0.39 is 36.0 Å². The van der Waals surface area contributed by atoms with Crippen LogP contribution in [0.5, 0.6) is 0 Å². The minimum absolute atomic E-state index is 0.186. The number of aliphatic carboxylic acids is 1. The number of rotatable bonds is 5. The van der Waals surface area contributed by atoms with Gasteiger partial charge in [0.25, 0.3) is 0 Å². The van der Waals surface area contributed by atoms with Crippen molar-refractivity contribution in [2.24, 2.45) is 5.73 Å². The summed E-state index contributed by atoms with van der Waals surface area (Å²) in [6, 6.07) is -0.731. The number of ether oxygens (including phenoxy) is 1. The van der Waals surface area contributed by atoms with Gasteiger partial charge in [-0.25, -0.2) is 4.79 Å². The first-order valence-corrected chi connectivity index (χ1v) is 5.59. The summed E-state index contributed by atoms with van der Waals surface area (Å²) in [5.41, 5.74) is 5.05. The fourth-order valence-corrected chi connectivity index (χ4v) is 0.751. The van der Waals surface area contributed by atoms with Crippen molar-refractivity contribution < 1.29 is 42.2 Å². The molecule has 0 unspecified atom stereocenters. The number of carbonyl (C=O) groups excluding carboxylic acids is 3. The second kappa shape index (κ2) is 10.4. The number of halogens is 3. The predicted octanol–water partition coefficient (Wildman–Crippen LogP) is -1.63. The predicted molar refractivity (Wildman–Crippen MR) is 65.4 cm³/mol. The molecule has 22 heavy (non-hydrogen) atoms. The van der Waals surface area contributed by atoms with E-state index in [1.54, 1.807) is 0 Å². The number of nitrogens with one attached hydrogen (secondary N) is 2. The van der Waals surface area contributed by atoms with Crippen molar-refractivity contribution in [2.45, 2.75) is 19.1 Å². The van der Waals surface area contributed by atoms with Gasteiger partial charge in [-0.2, -0.15) is 13.2 Å². The fraction of sp³-hybridized carbons (Fsp3) is 0.600. The third-order valence-corrected chi connectivity index (χ3v) is 1.83. The maximum atomic E-state index is 11.2. The van der Waals surface area contributed by atoms with Gasteiger partial charge in [0.15, 0.2) is 0 Å². The largest absolute Gasteiger partial charge is 0.490 e. The second-order valence-electron chi connectivity index (χ2n) is 3.59. The zero-order chi connectivity index (χ0) is 17.9. The molecule has 128 valence electrons. The molecule has 0 spiro atoms. The molecule has 9 nitrogen and oxygen atoms in total. The normalized spacial score (nSPS) is 11.4. The zero-order valence-electron chi connectivity index (χ0n) is 11.7. The number of carbonyl (C=O) groups is 4. The Kier molecular flexibility index (Phi) is 10.3. The summed E-state index contributed by atoms with van der Waals surface area (Å²) in [5, 5.41) is 11.8. The maximum Gasteiger partial charge on any atom is 0.490 e. The topological polar surface area (TPSA) is 148 Å². The van der Waals surface area contributed by atoms with E-state index in [-0.39, 0.29) is 13.1 Å². The molecule has 12 heteroatoms. The lowest BCUT2D eigenvalue weighted by Crippen LogP contribution is -2.47. The molecule has 0 aliphatic carbocycles. The Morgan fingerprint density at radius 2 is 1.73 bits per heavy atom. The van der Waals surface area contributed by atoms with Gasteiger partial charge in [-0.1, -0.05) is 0 Å². The van der Waals surface area contributed by atoms with Gasteiger partial charge < -0.3 is 26.2 Å². The van der Waals surface area contributed by atoms with Gasteiger partial charge in [0.1, 0.15) is 12.6 Å². The third kappa shape index (κ3) is 11.5. The average molecular weight is 331 g/mol. The molecule has 0 heterocycles. The van der Waals surface area contributed by atoms with Crippen LogP contribution in [0.15, 0.2) is 0 Å². The van der Waals surface area contributed by atoms with E-state index in [4.69, 9.17) is 15.6 Å². The maximum absolute atomic E-state index is 11.2. The summed E-state index contributed by atoms with van der Waals surface area (Å²) in [6.07, 6.45) is -5.08. The fourth-order valence-electron chi connectivity index (χ4n) is 0.751. The van der Waals surface area contributed by atoms with Gasteiger partial charge in [-0.05, 0) is 6.92 Å². The number of amides is 2. The molecule has 0 aliphatic heterocycles. The first kappa shape index (κ1) is 21.9. The van der Waals surface area contributed by atoms with Crippen molar-refractivity contribution >= 4 is 23.8 Å². The van der Waals surface area contributed by atoms with Crippen LogP contribution in [0.4, 0.5) is 13.2 Å². The van der Waals surface area contributed by atoms with Gasteiger partial charge in [-0.15, -0.1) is 0 Å². The molecular formula is C10H16F3N3O6. The van der Waals surface area contributed by atoms with E-state index in [1.807, 2.05) is 0 Å².